The number of halogens is 2. The number of methoxy groups -OCH3 is 1. The van der Waals surface area contributed by atoms with Crippen LogP contribution in [-0.4, -0.2) is 23.0 Å². The van der Waals surface area contributed by atoms with E-state index in [2.05, 4.69) is 5.10 Å². The highest BCUT2D eigenvalue weighted by Crippen LogP contribution is 2.33. The lowest BCUT2D eigenvalue weighted by molar-refractivity contribution is 0.306. The van der Waals surface area contributed by atoms with Gasteiger partial charge in [-0.25, -0.2) is 4.98 Å². The number of hydrogen-bond acceptors (Lipinski definition) is 6. The standard InChI is InChI=1S/C31H21Cl2N3O4/c1-38-26-11-6-12-27-22(26)16-29(40-27)30-35-25-10-5-3-8-21(25)31(37)36(30)34-17-19-13-14-28(24(33)15-19)39-18-20-7-2-4-9-23(20)32/h2-17H,18H2,1H3. The number of fused-ring (bicyclic) bond motifs is 2. The Morgan fingerprint density at radius 3 is 2.55 bits per heavy atom. The van der Waals surface area contributed by atoms with Gasteiger partial charge in [-0.05, 0) is 60.2 Å². The predicted octanol–water partition coefficient (Wildman–Crippen LogP) is 7.59. The van der Waals surface area contributed by atoms with Gasteiger partial charge >= 0.3 is 0 Å². The molecule has 198 valence electrons. The molecule has 9 heteroatoms. The van der Waals surface area contributed by atoms with E-state index in [0.29, 0.717) is 49.4 Å². The smallest absolute Gasteiger partial charge is 0.282 e. The van der Waals surface area contributed by atoms with Crippen molar-refractivity contribution in [2.75, 3.05) is 7.11 Å². The van der Waals surface area contributed by atoms with E-state index in [9.17, 15) is 4.79 Å². The lowest BCUT2D eigenvalue weighted by Crippen LogP contribution is -2.20. The summed E-state index contributed by atoms with van der Waals surface area (Å²) in [5.74, 6) is 1.78. The van der Waals surface area contributed by atoms with Crippen LogP contribution >= 0.6 is 23.2 Å². The van der Waals surface area contributed by atoms with Gasteiger partial charge in [0.1, 0.15) is 23.7 Å². The summed E-state index contributed by atoms with van der Waals surface area (Å²) in [6, 6.07) is 27.1. The summed E-state index contributed by atoms with van der Waals surface area (Å²) >= 11 is 12.7. The Morgan fingerprint density at radius 1 is 0.900 bits per heavy atom. The highest BCUT2D eigenvalue weighted by Gasteiger charge is 2.18. The van der Waals surface area contributed by atoms with Crippen molar-refractivity contribution in [2.24, 2.45) is 5.10 Å². The molecule has 0 amide bonds. The Balaban J connectivity index is 1.37. The molecule has 0 atom stereocenters. The number of nitrogens with zero attached hydrogens (tertiary/aromatic N) is 3. The van der Waals surface area contributed by atoms with E-state index < -0.39 is 0 Å². The molecule has 4 aromatic carbocycles. The molecule has 0 fully saturated rings. The molecule has 7 nitrogen and oxygen atoms in total. The molecule has 0 spiro atoms. The van der Waals surface area contributed by atoms with Crippen LogP contribution in [0, 0.1) is 0 Å². The van der Waals surface area contributed by atoms with Crippen LogP contribution in [0.4, 0.5) is 0 Å². The molecule has 6 aromatic rings. The van der Waals surface area contributed by atoms with Crippen molar-refractivity contribution in [1.82, 2.24) is 9.66 Å². The molecule has 40 heavy (non-hydrogen) atoms. The molecular weight excluding hydrogens is 549 g/mol. The Kier molecular flexibility index (Phi) is 6.99. The summed E-state index contributed by atoms with van der Waals surface area (Å²) in [6.45, 7) is 0.274. The summed E-state index contributed by atoms with van der Waals surface area (Å²) in [7, 11) is 1.59. The maximum Gasteiger partial charge on any atom is 0.282 e. The van der Waals surface area contributed by atoms with E-state index in [1.54, 1.807) is 55.6 Å². The van der Waals surface area contributed by atoms with Crippen molar-refractivity contribution in [1.29, 1.82) is 0 Å². The number of hydrogen-bond donors (Lipinski definition) is 0. The first kappa shape index (κ1) is 25.7. The number of rotatable bonds is 7. The van der Waals surface area contributed by atoms with E-state index in [-0.39, 0.29) is 18.0 Å². The van der Waals surface area contributed by atoms with Gasteiger partial charge < -0.3 is 13.9 Å². The van der Waals surface area contributed by atoms with Gasteiger partial charge in [0.25, 0.3) is 5.56 Å². The summed E-state index contributed by atoms with van der Waals surface area (Å²) in [5.41, 5.74) is 2.31. The summed E-state index contributed by atoms with van der Waals surface area (Å²) in [4.78, 5) is 18.3. The minimum atomic E-state index is -0.338. The Bertz CT molecular complexity index is 1960. The molecule has 0 aliphatic rings. The third-order valence-electron chi connectivity index (χ3n) is 6.33. The molecule has 0 bridgehead atoms. The number of benzene rings is 4. The maximum absolute atomic E-state index is 13.5. The molecule has 0 radical (unpaired) electrons. The van der Waals surface area contributed by atoms with Crippen molar-refractivity contribution in [3.8, 4) is 23.1 Å². The van der Waals surface area contributed by atoms with Crippen molar-refractivity contribution < 1.29 is 13.9 Å². The van der Waals surface area contributed by atoms with Crippen LogP contribution in [-0.2, 0) is 6.61 Å². The summed E-state index contributed by atoms with van der Waals surface area (Å²) in [6.07, 6.45) is 1.54. The fourth-order valence-corrected chi connectivity index (χ4v) is 4.76. The first-order valence-electron chi connectivity index (χ1n) is 12.3. The predicted molar refractivity (Wildman–Crippen MR) is 158 cm³/mol. The van der Waals surface area contributed by atoms with Gasteiger partial charge in [-0.1, -0.05) is 59.6 Å². The quantitative estimate of drug-likeness (QED) is 0.185. The third kappa shape index (κ3) is 4.93. The number of para-hydroxylation sites is 1. The normalized spacial score (nSPS) is 11.5. The van der Waals surface area contributed by atoms with Crippen LogP contribution in [0.3, 0.4) is 0 Å². The zero-order valence-corrected chi connectivity index (χ0v) is 22.7. The summed E-state index contributed by atoms with van der Waals surface area (Å²) in [5, 5.41) is 6.70. The van der Waals surface area contributed by atoms with Crippen LogP contribution in [0.2, 0.25) is 10.0 Å². The molecule has 6 rings (SSSR count). The molecule has 0 saturated heterocycles. The molecule has 2 heterocycles. The van der Waals surface area contributed by atoms with Crippen LogP contribution in [0.25, 0.3) is 33.5 Å². The van der Waals surface area contributed by atoms with Crippen LogP contribution in [0.15, 0.2) is 105 Å². The number of aromatic nitrogens is 2. The first-order valence-corrected chi connectivity index (χ1v) is 13.1. The second kappa shape index (κ2) is 10.9. The molecule has 0 aliphatic carbocycles. The molecule has 0 saturated carbocycles. The zero-order valence-electron chi connectivity index (χ0n) is 21.2. The minimum absolute atomic E-state index is 0.254. The third-order valence-corrected chi connectivity index (χ3v) is 7.00. The van der Waals surface area contributed by atoms with Gasteiger partial charge in [-0.15, -0.1) is 0 Å². The van der Waals surface area contributed by atoms with Gasteiger partial charge in [-0.3, -0.25) is 4.79 Å². The topological polar surface area (TPSA) is 78.9 Å². The second-order valence-electron chi connectivity index (χ2n) is 8.87. The fraction of sp³-hybridized carbons (Fsp3) is 0.0645. The van der Waals surface area contributed by atoms with Crippen LogP contribution in [0.5, 0.6) is 11.5 Å². The van der Waals surface area contributed by atoms with Gasteiger partial charge in [0, 0.05) is 10.6 Å². The van der Waals surface area contributed by atoms with Crippen molar-refractivity contribution in [3.63, 3.8) is 0 Å². The molecule has 0 N–H and O–H groups in total. The summed E-state index contributed by atoms with van der Waals surface area (Å²) < 4.78 is 18.6. The fourth-order valence-electron chi connectivity index (χ4n) is 4.32. The van der Waals surface area contributed by atoms with E-state index in [4.69, 9.17) is 42.1 Å². The number of furan rings is 1. The number of ether oxygens (including phenoxy) is 2. The minimum Gasteiger partial charge on any atom is -0.496 e. The van der Waals surface area contributed by atoms with Crippen molar-refractivity contribution in [2.45, 2.75) is 6.61 Å². The maximum atomic E-state index is 13.5. The lowest BCUT2D eigenvalue weighted by Gasteiger charge is -2.10. The molecular formula is C31H21Cl2N3O4. The van der Waals surface area contributed by atoms with Crippen molar-refractivity contribution in [3.05, 3.63) is 123 Å². The Labute approximate surface area is 238 Å². The van der Waals surface area contributed by atoms with Gasteiger partial charge in [-0.2, -0.15) is 9.78 Å². The SMILES string of the molecule is COc1cccc2oc(-c3nc4ccccc4c(=O)n3N=Cc3ccc(OCc4ccccc4Cl)c(Cl)c3)cc12. The highest BCUT2D eigenvalue weighted by atomic mass is 35.5. The van der Waals surface area contributed by atoms with E-state index >= 15 is 0 Å². The van der Waals surface area contributed by atoms with Crippen molar-refractivity contribution >= 4 is 51.3 Å². The Morgan fingerprint density at radius 2 is 1.73 bits per heavy atom. The largest absolute Gasteiger partial charge is 0.496 e. The zero-order chi connectivity index (χ0) is 27.6. The molecule has 0 aliphatic heterocycles. The second-order valence-corrected chi connectivity index (χ2v) is 9.68. The Hall–Kier alpha value is -4.59. The van der Waals surface area contributed by atoms with E-state index in [1.165, 1.54) is 10.9 Å². The average Bonchev–Trinajstić information content (AvgIpc) is 3.41. The lowest BCUT2D eigenvalue weighted by atomic mass is 10.2. The van der Waals surface area contributed by atoms with E-state index in [1.807, 2.05) is 42.5 Å². The molecule has 2 aromatic heterocycles. The monoisotopic (exact) mass is 569 g/mol. The van der Waals surface area contributed by atoms with E-state index in [0.717, 1.165) is 10.9 Å². The van der Waals surface area contributed by atoms with Gasteiger partial charge in [0.05, 0.1) is 34.6 Å². The molecule has 0 unspecified atom stereocenters. The van der Waals surface area contributed by atoms with Gasteiger partial charge in [0.2, 0.25) is 5.82 Å². The average molecular weight is 570 g/mol. The first-order chi connectivity index (χ1) is 19.5. The highest BCUT2D eigenvalue weighted by molar-refractivity contribution is 6.32. The van der Waals surface area contributed by atoms with Crippen LogP contribution in [0.1, 0.15) is 11.1 Å². The van der Waals surface area contributed by atoms with Gasteiger partial charge in [0.15, 0.2) is 5.76 Å². The van der Waals surface area contributed by atoms with Crippen LogP contribution < -0.4 is 15.0 Å².